The van der Waals surface area contributed by atoms with Crippen molar-refractivity contribution in [1.82, 2.24) is 15.1 Å². The predicted octanol–water partition coefficient (Wildman–Crippen LogP) is 1.18. The van der Waals surface area contributed by atoms with Crippen LogP contribution in [0.2, 0.25) is 0 Å². The molecule has 0 radical (unpaired) electrons. The molecule has 3 amide bonds. The summed E-state index contributed by atoms with van der Waals surface area (Å²) in [6, 6.07) is 4.39. The number of aromatic nitrogens is 2. The number of anilines is 1. The van der Waals surface area contributed by atoms with Crippen molar-refractivity contribution in [3.05, 3.63) is 39.9 Å². The number of rotatable bonds is 7. The number of benzene rings is 1. The summed E-state index contributed by atoms with van der Waals surface area (Å²) in [4.78, 5) is 38.2. The summed E-state index contributed by atoms with van der Waals surface area (Å²) in [5.41, 5.74) is 0.735. The summed E-state index contributed by atoms with van der Waals surface area (Å²) in [5, 5.41) is 11.3. The highest BCUT2D eigenvalue weighted by Gasteiger charge is 2.35. The average Bonchev–Trinajstić information content (AvgIpc) is 3.17. The van der Waals surface area contributed by atoms with Crippen molar-refractivity contribution >= 4 is 34.2 Å². The normalized spacial score (nSPS) is 13.2. The quantitative estimate of drug-likeness (QED) is 0.722. The predicted molar refractivity (Wildman–Crippen MR) is 92.3 cm³/mol. The second kappa shape index (κ2) is 7.68. The van der Waals surface area contributed by atoms with Crippen molar-refractivity contribution in [1.29, 1.82) is 0 Å². The first kappa shape index (κ1) is 18.1. The highest BCUT2D eigenvalue weighted by atomic mass is 32.1. The van der Waals surface area contributed by atoms with Crippen LogP contribution in [0.1, 0.15) is 36.1 Å². The van der Waals surface area contributed by atoms with Gasteiger partial charge in [0.2, 0.25) is 5.13 Å². The number of fused-ring (bicyclic) bond motifs is 1. The van der Waals surface area contributed by atoms with E-state index in [0.29, 0.717) is 16.7 Å². The van der Waals surface area contributed by atoms with Crippen LogP contribution >= 0.6 is 11.3 Å². The van der Waals surface area contributed by atoms with Gasteiger partial charge in [-0.1, -0.05) is 11.3 Å². The summed E-state index contributed by atoms with van der Waals surface area (Å²) in [6.07, 6.45) is 0. The zero-order valence-electron chi connectivity index (χ0n) is 14.1. The molecule has 2 aromatic rings. The maximum atomic E-state index is 12.4. The summed E-state index contributed by atoms with van der Waals surface area (Å²) >= 11 is 1.19. The van der Waals surface area contributed by atoms with Gasteiger partial charge < -0.3 is 9.47 Å². The van der Waals surface area contributed by atoms with E-state index in [1.165, 1.54) is 36.6 Å². The Morgan fingerprint density at radius 3 is 2.65 bits per heavy atom. The molecule has 0 saturated carbocycles. The summed E-state index contributed by atoms with van der Waals surface area (Å²) in [7, 11) is 3.03. The fourth-order valence-electron chi connectivity index (χ4n) is 2.47. The van der Waals surface area contributed by atoms with Gasteiger partial charge in [-0.2, -0.15) is 0 Å². The van der Waals surface area contributed by atoms with Crippen molar-refractivity contribution in [3.63, 3.8) is 0 Å². The zero-order chi connectivity index (χ0) is 18.7. The molecule has 0 unspecified atom stereocenters. The van der Waals surface area contributed by atoms with Crippen LogP contribution in [-0.4, -0.2) is 60.2 Å². The van der Waals surface area contributed by atoms with Crippen molar-refractivity contribution in [3.8, 4) is 0 Å². The first-order valence-electron chi connectivity index (χ1n) is 7.67. The largest absolute Gasteiger partial charge is 0.383 e. The number of carbonyl (C=O) groups excluding carboxylic acids is 3. The average molecular weight is 376 g/mol. The minimum atomic E-state index is -0.441. The third-order valence-electron chi connectivity index (χ3n) is 3.71. The van der Waals surface area contributed by atoms with E-state index < -0.39 is 11.8 Å². The summed E-state index contributed by atoms with van der Waals surface area (Å²) in [5.74, 6) is -1.26. The maximum absolute atomic E-state index is 12.4. The highest BCUT2D eigenvalue weighted by Crippen LogP contribution is 2.24. The monoisotopic (exact) mass is 376 g/mol. The van der Waals surface area contributed by atoms with Crippen LogP contribution in [0.4, 0.5) is 5.13 Å². The van der Waals surface area contributed by atoms with Gasteiger partial charge in [0.25, 0.3) is 17.7 Å². The minimum Gasteiger partial charge on any atom is -0.383 e. The van der Waals surface area contributed by atoms with E-state index in [4.69, 9.17) is 9.47 Å². The molecule has 0 aliphatic carbocycles. The Morgan fingerprint density at radius 2 is 1.92 bits per heavy atom. The number of nitrogens with one attached hydrogen (secondary N) is 1. The van der Waals surface area contributed by atoms with Gasteiger partial charge in [0, 0.05) is 19.8 Å². The molecular weight excluding hydrogens is 360 g/mol. The second-order valence-electron chi connectivity index (χ2n) is 5.40. The first-order chi connectivity index (χ1) is 12.5. The van der Waals surface area contributed by atoms with E-state index in [2.05, 4.69) is 15.5 Å². The van der Waals surface area contributed by atoms with Crippen LogP contribution < -0.4 is 5.32 Å². The summed E-state index contributed by atoms with van der Waals surface area (Å²) in [6.45, 7) is 0.720. The standard InChI is InChI=1S/C16H16N4O5S/c1-24-6-5-20-14(22)10-4-3-9(7-11(10)15(20)23)13(21)17-16-19-18-12(26-16)8-25-2/h3-4,7H,5-6,8H2,1-2H3,(H,17,19,21). The fourth-order valence-corrected chi connectivity index (χ4v) is 3.18. The Balaban J connectivity index is 1.77. The lowest BCUT2D eigenvalue weighted by Gasteiger charge is -2.12. The highest BCUT2D eigenvalue weighted by molar-refractivity contribution is 7.15. The molecule has 136 valence electrons. The Kier molecular flexibility index (Phi) is 5.35. The van der Waals surface area contributed by atoms with Gasteiger partial charge in [0.1, 0.15) is 11.6 Å². The lowest BCUT2D eigenvalue weighted by molar-refractivity contribution is 0.0603. The van der Waals surface area contributed by atoms with Crippen LogP contribution in [0.5, 0.6) is 0 Å². The van der Waals surface area contributed by atoms with Crippen molar-refractivity contribution < 1.29 is 23.9 Å². The lowest BCUT2D eigenvalue weighted by atomic mass is 10.1. The van der Waals surface area contributed by atoms with E-state index in [1.807, 2.05) is 0 Å². The Hall–Kier alpha value is -2.69. The molecule has 3 rings (SSSR count). The molecule has 2 heterocycles. The molecular formula is C16H16N4O5S. The minimum absolute atomic E-state index is 0.164. The topological polar surface area (TPSA) is 111 Å². The molecule has 10 heteroatoms. The third kappa shape index (κ3) is 3.47. The van der Waals surface area contributed by atoms with Crippen LogP contribution in [0.15, 0.2) is 18.2 Å². The van der Waals surface area contributed by atoms with Crippen LogP contribution in [0, 0.1) is 0 Å². The number of hydrogen-bond acceptors (Lipinski definition) is 8. The molecule has 9 nitrogen and oxygen atoms in total. The number of ether oxygens (including phenoxy) is 2. The van der Waals surface area contributed by atoms with Gasteiger partial charge >= 0.3 is 0 Å². The van der Waals surface area contributed by atoms with Crippen LogP contribution in [0.3, 0.4) is 0 Å². The molecule has 26 heavy (non-hydrogen) atoms. The van der Waals surface area contributed by atoms with E-state index >= 15 is 0 Å². The number of amides is 3. The van der Waals surface area contributed by atoms with Crippen LogP contribution in [-0.2, 0) is 16.1 Å². The van der Waals surface area contributed by atoms with E-state index in [9.17, 15) is 14.4 Å². The van der Waals surface area contributed by atoms with E-state index in [0.717, 1.165) is 4.90 Å². The van der Waals surface area contributed by atoms with Gasteiger partial charge in [0.05, 0.1) is 24.3 Å². The second-order valence-corrected chi connectivity index (χ2v) is 6.47. The zero-order valence-corrected chi connectivity index (χ0v) is 15.0. The van der Waals surface area contributed by atoms with Crippen LogP contribution in [0.25, 0.3) is 0 Å². The molecule has 0 atom stereocenters. The van der Waals surface area contributed by atoms with Crippen molar-refractivity contribution in [2.45, 2.75) is 6.61 Å². The SMILES string of the molecule is COCCN1C(=O)c2ccc(C(=O)Nc3nnc(COC)s3)cc2C1=O. The van der Waals surface area contributed by atoms with Crippen molar-refractivity contribution in [2.24, 2.45) is 0 Å². The molecule has 0 spiro atoms. The number of carbonyl (C=O) groups is 3. The van der Waals surface area contributed by atoms with Gasteiger partial charge in [-0.3, -0.25) is 24.6 Å². The Labute approximate surface area is 152 Å². The number of nitrogens with zero attached hydrogens (tertiary/aromatic N) is 3. The Bertz CT molecular complexity index is 866. The van der Waals surface area contributed by atoms with Gasteiger partial charge in [0.15, 0.2) is 0 Å². The van der Waals surface area contributed by atoms with Gasteiger partial charge in [-0.05, 0) is 18.2 Å². The number of hydrogen-bond donors (Lipinski definition) is 1. The smallest absolute Gasteiger partial charge is 0.261 e. The molecule has 1 aromatic carbocycles. The lowest BCUT2D eigenvalue weighted by Crippen LogP contribution is -2.32. The van der Waals surface area contributed by atoms with E-state index in [-0.39, 0.29) is 35.7 Å². The first-order valence-corrected chi connectivity index (χ1v) is 8.48. The molecule has 1 N–H and O–H groups in total. The molecule has 1 aliphatic heterocycles. The molecule has 0 saturated heterocycles. The molecule has 1 aromatic heterocycles. The number of methoxy groups -OCH3 is 2. The molecule has 0 fully saturated rings. The molecule has 0 bridgehead atoms. The van der Waals surface area contributed by atoms with E-state index in [1.54, 1.807) is 7.11 Å². The van der Waals surface area contributed by atoms with Gasteiger partial charge in [-0.15, -0.1) is 10.2 Å². The fraction of sp³-hybridized carbons (Fsp3) is 0.312. The van der Waals surface area contributed by atoms with Crippen molar-refractivity contribution in [2.75, 3.05) is 32.7 Å². The van der Waals surface area contributed by atoms with Gasteiger partial charge in [-0.25, -0.2) is 0 Å². The molecule has 1 aliphatic rings. The summed E-state index contributed by atoms with van der Waals surface area (Å²) < 4.78 is 9.87. The third-order valence-corrected chi connectivity index (χ3v) is 4.52. The Morgan fingerprint density at radius 1 is 1.15 bits per heavy atom. The maximum Gasteiger partial charge on any atom is 0.261 e. The number of imide groups is 1.